The molecule has 1 aliphatic rings. The number of rotatable bonds is 3. The zero-order valence-corrected chi connectivity index (χ0v) is 13.9. The number of hydrogen-bond acceptors (Lipinski definition) is 7. The van der Waals surface area contributed by atoms with Gasteiger partial charge in [-0.2, -0.15) is 4.91 Å². The molecule has 1 atom stereocenters. The molecule has 1 unspecified atom stereocenters. The maximum atomic E-state index is 11.1. The van der Waals surface area contributed by atoms with Gasteiger partial charge in [0.05, 0.1) is 22.0 Å². The molecule has 3 aromatic heterocycles. The van der Waals surface area contributed by atoms with Crippen LogP contribution in [-0.4, -0.2) is 28.5 Å². The van der Waals surface area contributed by atoms with E-state index in [0.29, 0.717) is 6.42 Å². The second kappa shape index (κ2) is 6.09. The van der Waals surface area contributed by atoms with E-state index >= 15 is 0 Å². The Hall–Kier alpha value is -2.67. The van der Waals surface area contributed by atoms with Gasteiger partial charge < -0.3 is 4.90 Å². The zero-order valence-electron chi connectivity index (χ0n) is 13.1. The van der Waals surface area contributed by atoms with Crippen molar-refractivity contribution in [2.24, 2.45) is 5.18 Å². The lowest BCUT2D eigenvalue weighted by atomic mass is 10.0. The molecule has 3 aromatic rings. The summed E-state index contributed by atoms with van der Waals surface area (Å²) in [6.45, 7) is 0.816. The SMILES string of the molecule is CN1CCC(N=O)c2nc(-c3cnc(-c4cccnc4)s3)ccc21. The number of anilines is 1. The van der Waals surface area contributed by atoms with E-state index in [-0.39, 0.29) is 6.04 Å². The van der Waals surface area contributed by atoms with Crippen LogP contribution in [0.4, 0.5) is 5.69 Å². The van der Waals surface area contributed by atoms with Gasteiger partial charge in [0.2, 0.25) is 0 Å². The monoisotopic (exact) mass is 337 g/mol. The predicted molar refractivity (Wildman–Crippen MR) is 95.0 cm³/mol. The van der Waals surface area contributed by atoms with Crippen molar-refractivity contribution < 1.29 is 0 Å². The molecule has 0 spiro atoms. The lowest BCUT2D eigenvalue weighted by molar-refractivity contribution is 0.596. The van der Waals surface area contributed by atoms with Crippen molar-refractivity contribution >= 4 is 17.0 Å². The molecule has 6 nitrogen and oxygen atoms in total. The van der Waals surface area contributed by atoms with Crippen molar-refractivity contribution in [1.82, 2.24) is 15.0 Å². The van der Waals surface area contributed by atoms with E-state index in [1.54, 1.807) is 23.7 Å². The average molecular weight is 337 g/mol. The molecule has 4 heterocycles. The molecule has 7 heteroatoms. The van der Waals surface area contributed by atoms with Crippen LogP contribution in [0.2, 0.25) is 0 Å². The highest BCUT2D eigenvalue weighted by Gasteiger charge is 2.26. The van der Waals surface area contributed by atoms with E-state index in [2.05, 4.69) is 20.0 Å². The molecule has 0 fully saturated rings. The number of thiazole rings is 1. The summed E-state index contributed by atoms with van der Waals surface area (Å²) in [5.41, 5.74) is 3.54. The summed E-state index contributed by atoms with van der Waals surface area (Å²) in [5, 5.41) is 4.15. The van der Waals surface area contributed by atoms with Crippen molar-refractivity contribution in [1.29, 1.82) is 0 Å². The van der Waals surface area contributed by atoms with Crippen LogP contribution in [0.3, 0.4) is 0 Å². The first-order valence-electron chi connectivity index (χ1n) is 7.67. The maximum Gasteiger partial charge on any atom is 0.138 e. The Morgan fingerprint density at radius 1 is 1.29 bits per heavy atom. The zero-order chi connectivity index (χ0) is 16.5. The van der Waals surface area contributed by atoms with Crippen LogP contribution in [0.25, 0.3) is 21.1 Å². The molecule has 0 aromatic carbocycles. The van der Waals surface area contributed by atoms with Crippen LogP contribution in [-0.2, 0) is 0 Å². The third-order valence-corrected chi connectivity index (χ3v) is 5.23. The van der Waals surface area contributed by atoms with Crippen molar-refractivity contribution in [3.05, 3.63) is 53.5 Å². The van der Waals surface area contributed by atoms with E-state index in [1.165, 1.54) is 0 Å². The van der Waals surface area contributed by atoms with E-state index in [9.17, 15) is 4.91 Å². The molecular weight excluding hydrogens is 322 g/mol. The van der Waals surface area contributed by atoms with Gasteiger partial charge in [0.1, 0.15) is 11.0 Å². The number of hydrogen-bond donors (Lipinski definition) is 0. The number of fused-ring (bicyclic) bond motifs is 1. The standard InChI is InChI=1S/C17H15N5OS/c1-22-8-6-13(21-23)16-14(22)5-4-12(20-16)15-10-19-17(24-15)11-3-2-7-18-9-11/h2-5,7,9-10,13H,6,8H2,1H3. The molecule has 1 aliphatic heterocycles. The Labute approximate surface area is 143 Å². The van der Waals surface area contributed by atoms with Crippen LogP contribution in [0.1, 0.15) is 18.2 Å². The van der Waals surface area contributed by atoms with Gasteiger partial charge in [-0.05, 0) is 30.7 Å². The highest BCUT2D eigenvalue weighted by molar-refractivity contribution is 7.18. The lowest BCUT2D eigenvalue weighted by Crippen LogP contribution is -2.27. The summed E-state index contributed by atoms with van der Waals surface area (Å²) >= 11 is 1.56. The summed E-state index contributed by atoms with van der Waals surface area (Å²) in [5.74, 6) is 0. The second-order valence-electron chi connectivity index (χ2n) is 5.70. The van der Waals surface area contributed by atoms with Crippen molar-refractivity contribution in [3.63, 3.8) is 0 Å². The minimum Gasteiger partial charge on any atom is -0.373 e. The molecule has 4 rings (SSSR count). The average Bonchev–Trinajstić information content (AvgIpc) is 3.13. The molecule has 24 heavy (non-hydrogen) atoms. The van der Waals surface area contributed by atoms with Crippen molar-refractivity contribution in [2.45, 2.75) is 12.5 Å². The summed E-state index contributed by atoms with van der Waals surface area (Å²) in [6.07, 6.45) is 6.06. The first-order valence-corrected chi connectivity index (χ1v) is 8.49. The fourth-order valence-electron chi connectivity index (χ4n) is 2.86. The quantitative estimate of drug-likeness (QED) is 0.678. The molecular formula is C17H15N5OS. The Kier molecular flexibility index (Phi) is 3.78. The summed E-state index contributed by atoms with van der Waals surface area (Å²) < 4.78 is 0. The van der Waals surface area contributed by atoms with E-state index in [4.69, 9.17) is 4.98 Å². The van der Waals surface area contributed by atoms with Gasteiger partial charge in [-0.15, -0.1) is 11.3 Å². The predicted octanol–water partition coefficient (Wildman–Crippen LogP) is 3.91. The molecule has 0 saturated carbocycles. The van der Waals surface area contributed by atoms with Gasteiger partial charge >= 0.3 is 0 Å². The van der Waals surface area contributed by atoms with Gasteiger partial charge in [-0.25, -0.2) is 9.97 Å². The fourth-order valence-corrected chi connectivity index (χ4v) is 3.74. The van der Waals surface area contributed by atoms with E-state index in [1.807, 2.05) is 37.5 Å². The van der Waals surface area contributed by atoms with Gasteiger partial charge in [0, 0.05) is 37.7 Å². The minimum absolute atomic E-state index is 0.373. The van der Waals surface area contributed by atoms with Crippen LogP contribution in [0.5, 0.6) is 0 Å². The number of nitrogens with zero attached hydrogens (tertiary/aromatic N) is 5. The topological polar surface area (TPSA) is 71.3 Å². The molecule has 0 radical (unpaired) electrons. The first-order chi connectivity index (χ1) is 11.8. The van der Waals surface area contributed by atoms with Crippen LogP contribution in [0, 0.1) is 4.91 Å². The number of nitroso groups, excluding NO2 is 1. The second-order valence-corrected chi connectivity index (χ2v) is 6.73. The summed E-state index contributed by atoms with van der Waals surface area (Å²) in [4.78, 5) is 27.5. The van der Waals surface area contributed by atoms with Gasteiger partial charge in [0.25, 0.3) is 0 Å². The molecule has 0 aliphatic carbocycles. The molecule has 0 amide bonds. The van der Waals surface area contributed by atoms with E-state index < -0.39 is 0 Å². The highest BCUT2D eigenvalue weighted by atomic mass is 32.1. The summed E-state index contributed by atoms with van der Waals surface area (Å²) in [7, 11) is 2.01. The highest BCUT2D eigenvalue weighted by Crippen LogP contribution is 2.37. The van der Waals surface area contributed by atoms with Gasteiger partial charge in [-0.3, -0.25) is 4.98 Å². The molecule has 0 bridgehead atoms. The number of aromatic nitrogens is 3. The maximum absolute atomic E-state index is 11.1. The molecule has 0 N–H and O–H groups in total. The van der Waals surface area contributed by atoms with Crippen LogP contribution < -0.4 is 4.90 Å². The third-order valence-electron chi connectivity index (χ3n) is 4.16. The number of pyridine rings is 2. The largest absolute Gasteiger partial charge is 0.373 e. The third kappa shape index (κ3) is 2.56. The normalized spacial score (nSPS) is 16.7. The Morgan fingerprint density at radius 3 is 3.00 bits per heavy atom. The Bertz CT molecular complexity index is 880. The van der Waals surface area contributed by atoms with Crippen LogP contribution >= 0.6 is 11.3 Å². The molecule has 120 valence electrons. The first kappa shape index (κ1) is 14.9. The minimum atomic E-state index is -0.373. The lowest BCUT2D eigenvalue weighted by Gasteiger charge is -2.29. The smallest absolute Gasteiger partial charge is 0.138 e. The van der Waals surface area contributed by atoms with Crippen molar-refractivity contribution in [2.75, 3.05) is 18.5 Å². The van der Waals surface area contributed by atoms with Gasteiger partial charge in [0.15, 0.2) is 0 Å². The van der Waals surface area contributed by atoms with Crippen LogP contribution in [0.15, 0.2) is 48.0 Å². The van der Waals surface area contributed by atoms with Crippen molar-refractivity contribution in [3.8, 4) is 21.1 Å². The van der Waals surface area contributed by atoms with Gasteiger partial charge in [-0.1, -0.05) is 5.18 Å². The Balaban J connectivity index is 1.73. The van der Waals surface area contributed by atoms with E-state index in [0.717, 1.165) is 39.1 Å². The summed E-state index contributed by atoms with van der Waals surface area (Å²) in [6, 6.07) is 7.49. The fraction of sp³-hybridized carbons (Fsp3) is 0.235. The molecule has 0 saturated heterocycles. The Morgan fingerprint density at radius 2 is 2.21 bits per heavy atom.